The molecule has 0 bridgehead atoms. The third kappa shape index (κ3) is 3.32. The summed E-state index contributed by atoms with van der Waals surface area (Å²) in [4.78, 5) is 38.1. The van der Waals surface area contributed by atoms with Crippen LogP contribution in [0, 0.1) is 6.92 Å². The molecule has 0 saturated carbocycles. The molecule has 0 aromatic heterocycles. The van der Waals surface area contributed by atoms with E-state index in [1.54, 1.807) is 0 Å². The van der Waals surface area contributed by atoms with E-state index in [9.17, 15) is 14.4 Å². The molecular weight excluding hydrogens is 375 g/mol. The number of amides is 3. The highest BCUT2D eigenvalue weighted by molar-refractivity contribution is 6.43. The minimum Gasteiger partial charge on any atom is -0.348 e. The topological polar surface area (TPSA) is 66.5 Å². The van der Waals surface area contributed by atoms with E-state index >= 15 is 0 Å². The Bertz CT molecular complexity index is 886. The van der Waals surface area contributed by atoms with E-state index in [1.165, 1.54) is 12.1 Å². The lowest BCUT2D eigenvalue weighted by Crippen LogP contribution is -2.41. The zero-order valence-electron chi connectivity index (χ0n) is 14.2. The van der Waals surface area contributed by atoms with Crippen molar-refractivity contribution >= 4 is 40.9 Å². The maximum Gasteiger partial charge on any atom is 0.262 e. The number of halogens is 2. The molecule has 3 amide bonds. The van der Waals surface area contributed by atoms with Gasteiger partial charge >= 0.3 is 0 Å². The summed E-state index contributed by atoms with van der Waals surface area (Å²) in [6.45, 7) is 3.44. The number of imide groups is 1. The molecule has 0 fully saturated rings. The summed E-state index contributed by atoms with van der Waals surface area (Å²) in [6, 6.07) is 10.1. The van der Waals surface area contributed by atoms with Gasteiger partial charge in [0.05, 0.1) is 27.2 Å². The lowest BCUT2D eigenvalue weighted by atomic mass is 10.0. The van der Waals surface area contributed by atoms with Crippen molar-refractivity contribution in [2.45, 2.75) is 19.9 Å². The fourth-order valence-corrected chi connectivity index (χ4v) is 3.34. The number of aryl methyl sites for hydroxylation is 1. The van der Waals surface area contributed by atoms with Crippen molar-refractivity contribution in [2.24, 2.45) is 0 Å². The molecule has 2 aromatic carbocycles. The van der Waals surface area contributed by atoms with Gasteiger partial charge in [0.25, 0.3) is 11.8 Å². The molecule has 5 nitrogen and oxygen atoms in total. The predicted molar refractivity (Wildman–Crippen MR) is 99.6 cm³/mol. The Labute approximate surface area is 160 Å². The van der Waals surface area contributed by atoms with Gasteiger partial charge in [-0.1, -0.05) is 47.5 Å². The van der Waals surface area contributed by atoms with Crippen molar-refractivity contribution in [3.8, 4) is 0 Å². The van der Waals surface area contributed by atoms with Crippen LogP contribution < -0.4 is 5.32 Å². The molecule has 1 N–H and O–H groups in total. The summed E-state index contributed by atoms with van der Waals surface area (Å²) in [6.07, 6.45) is 0. The van der Waals surface area contributed by atoms with Gasteiger partial charge in [-0.05, 0) is 37.1 Å². The van der Waals surface area contributed by atoms with E-state index in [0.29, 0.717) is 0 Å². The van der Waals surface area contributed by atoms with Gasteiger partial charge in [0.2, 0.25) is 5.91 Å². The molecule has 1 atom stereocenters. The summed E-state index contributed by atoms with van der Waals surface area (Å²) in [5.74, 6) is -1.53. The molecule has 134 valence electrons. The average Bonchev–Trinajstić information content (AvgIpc) is 2.80. The van der Waals surface area contributed by atoms with Gasteiger partial charge in [0, 0.05) is 0 Å². The zero-order chi connectivity index (χ0) is 19.0. The SMILES string of the molecule is Cc1ccccc1C(C)NC(=O)CN1C(=O)c2cc(Cl)c(Cl)cc2C1=O. The first kappa shape index (κ1) is 18.4. The van der Waals surface area contributed by atoms with Crippen molar-refractivity contribution in [3.05, 3.63) is 68.7 Å². The molecule has 1 unspecified atom stereocenters. The van der Waals surface area contributed by atoms with Crippen molar-refractivity contribution in [2.75, 3.05) is 6.54 Å². The van der Waals surface area contributed by atoms with Crippen LogP contribution in [-0.2, 0) is 4.79 Å². The summed E-state index contributed by atoms with van der Waals surface area (Å²) in [5.41, 5.74) is 2.33. The zero-order valence-corrected chi connectivity index (χ0v) is 15.7. The van der Waals surface area contributed by atoms with Gasteiger partial charge in [0.1, 0.15) is 6.54 Å². The van der Waals surface area contributed by atoms with Crippen LogP contribution in [0.1, 0.15) is 44.8 Å². The second-order valence-electron chi connectivity index (χ2n) is 6.15. The molecule has 1 heterocycles. The first-order chi connectivity index (χ1) is 12.3. The van der Waals surface area contributed by atoms with E-state index in [2.05, 4.69) is 5.32 Å². The number of carbonyl (C=O) groups is 3. The quantitative estimate of drug-likeness (QED) is 0.807. The molecule has 0 aliphatic carbocycles. The van der Waals surface area contributed by atoms with E-state index in [1.807, 2.05) is 38.1 Å². The maximum atomic E-state index is 12.4. The number of carbonyl (C=O) groups excluding carboxylic acids is 3. The molecule has 26 heavy (non-hydrogen) atoms. The number of hydrogen-bond acceptors (Lipinski definition) is 3. The third-order valence-corrected chi connectivity index (χ3v) is 5.07. The second-order valence-corrected chi connectivity index (χ2v) is 6.97. The molecule has 3 rings (SSSR count). The van der Waals surface area contributed by atoms with E-state index in [0.717, 1.165) is 16.0 Å². The second kappa shape index (κ2) is 7.09. The molecule has 0 radical (unpaired) electrons. The Balaban J connectivity index is 1.73. The van der Waals surface area contributed by atoms with Crippen LogP contribution in [-0.4, -0.2) is 29.2 Å². The van der Waals surface area contributed by atoms with Crippen LogP contribution in [0.4, 0.5) is 0 Å². The van der Waals surface area contributed by atoms with Gasteiger partial charge in [0.15, 0.2) is 0 Å². The highest BCUT2D eigenvalue weighted by Gasteiger charge is 2.37. The highest BCUT2D eigenvalue weighted by atomic mass is 35.5. The Morgan fingerprint density at radius 1 is 1.08 bits per heavy atom. The lowest BCUT2D eigenvalue weighted by Gasteiger charge is -2.19. The third-order valence-electron chi connectivity index (χ3n) is 4.35. The predicted octanol–water partition coefficient (Wildman–Crippen LogP) is 3.78. The summed E-state index contributed by atoms with van der Waals surface area (Å²) >= 11 is 11.8. The minimum atomic E-state index is -0.553. The Morgan fingerprint density at radius 3 is 2.15 bits per heavy atom. The molecule has 1 aliphatic rings. The van der Waals surface area contributed by atoms with E-state index in [-0.39, 0.29) is 33.8 Å². The number of nitrogens with zero attached hydrogens (tertiary/aromatic N) is 1. The van der Waals surface area contributed by atoms with Gasteiger partial charge in [-0.25, -0.2) is 0 Å². The van der Waals surface area contributed by atoms with Crippen LogP contribution in [0.5, 0.6) is 0 Å². The minimum absolute atomic E-state index is 0.157. The van der Waals surface area contributed by atoms with Crippen molar-refractivity contribution < 1.29 is 14.4 Å². The normalized spacial score (nSPS) is 14.4. The number of nitrogens with one attached hydrogen (secondary N) is 1. The molecule has 7 heteroatoms. The molecule has 0 saturated heterocycles. The van der Waals surface area contributed by atoms with Crippen LogP contribution in [0.15, 0.2) is 36.4 Å². The monoisotopic (exact) mass is 390 g/mol. The van der Waals surface area contributed by atoms with Gasteiger partial charge in [-0.15, -0.1) is 0 Å². The number of hydrogen-bond donors (Lipinski definition) is 1. The van der Waals surface area contributed by atoms with Crippen molar-refractivity contribution in [3.63, 3.8) is 0 Å². The highest BCUT2D eigenvalue weighted by Crippen LogP contribution is 2.31. The first-order valence-corrected chi connectivity index (χ1v) is 8.75. The Kier molecular flexibility index (Phi) is 5.03. The molecule has 0 spiro atoms. The largest absolute Gasteiger partial charge is 0.348 e. The summed E-state index contributed by atoms with van der Waals surface area (Å²) < 4.78 is 0. The smallest absolute Gasteiger partial charge is 0.262 e. The van der Waals surface area contributed by atoms with E-state index in [4.69, 9.17) is 23.2 Å². The Hall–Kier alpha value is -2.37. The van der Waals surface area contributed by atoms with Gasteiger partial charge in [-0.2, -0.15) is 0 Å². The van der Waals surface area contributed by atoms with Crippen LogP contribution >= 0.6 is 23.2 Å². The maximum absolute atomic E-state index is 12.4. The van der Waals surface area contributed by atoms with Gasteiger partial charge < -0.3 is 5.32 Å². The Morgan fingerprint density at radius 2 is 1.62 bits per heavy atom. The average molecular weight is 391 g/mol. The summed E-state index contributed by atoms with van der Waals surface area (Å²) in [7, 11) is 0. The van der Waals surface area contributed by atoms with E-state index < -0.39 is 17.7 Å². The fraction of sp³-hybridized carbons (Fsp3) is 0.211. The lowest BCUT2D eigenvalue weighted by molar-refractivity contribution is -0.122. The summed E-state index contributed by atoms with van der Waals surface area (Å²) in [5, 5.41) is 3.19. The van der Waals surface area contributed by atoms with Crippen LogP contribution in [0.3, 0.4) is 0 Å². The molecular formula is C19H16Cl2N2O3. The fourth-order valence-electron chi connectivity index (χ4n) is 3.01. The van der Waals surface area contributed by atoms with Crippen molar-refractivity contribution in [1.82, 2.24) is 10.2 Å². The van der Waals surface area contributed by atoms with Gasteiger partial charge in [-0.3, -0.25) is 19.3 Å². The van der Waals surface area contributed by atoms with Crippen LogP contribution in [0.25, 0.3) is 0 Å². The standard InChI is InChI=1S/C19H16Cl2N2O3/c1-10-5-3-4-6-12(10)11(2)22-17(24)9-23-18(25)13-7-15(20)16(21)8-14(13)19(23)26/h3-8,11H,9H2,1-2H3,(H,22,24). The number of benzene rings is 2. The molecule has 1 aliphatic heterocycles. The molecule has 2 aromatic rings. The van der Waals surface area contributed by atoms with Crippen molar-refractivity contribution in [1.29, 1.82) is 0 Å². The number of fused-ring (bicyclic) bond motifs is 1. The first-order valence-electron chi connectivity index (χ1n) is 7.99. The van der Waals surface area contributed by atoms with Crippen LogP contribution in [0.2, 0.25) is 10.0 Å². The number of rotatable bonds is 4.